The van der Waals surface area contributed by atoms with Crippen molar-refractivity contribution in [2.45, 2.75) is 52.5 Å². The predicted octanol–water partition coefficient (Wildman–Crippen LogP) is 3.13. The number of carbonyl (C=O) groups is 2. The Kier molecular flexibility index (Phi) is 5.11. The molecule has 0 radical (unpaired) electrons. The van der Waals surface area contributed by atoms with Crippen LogP contribution < -0.4 is 0 Å². The van der Waals surface area contributed by atoms with Gasteiger partial charge in [0.1, 0.15) is 0 Å². The molecule has 2 aromatic rings. The van der Waals surface area contributed by atoms with E-state index in [1.165, 1.54) is 0 Å². The number of rotatable bonds is 7. The quantitative estimate of drug-likeness (QED) is 0.828. The van der Waals surface area contributed by atoms with Gasteiger partial charge in [-0.25, -0.2) is 4.68 Å². The molecule has 6 heteroatoms. The van der Waals surface area contributed by atoms with E-state index in [-0.39, 0.29) is 12.3 Å². The third kappa shape index (κ3) is 3.64. The first kappa shape index (κ1) is 18.2. The van der Waals surface area contributed by atoms with Crippen LogP contribution in [0.2, 0.25) is 0 Å². The number of aryl methyl sites for hydroxylation is 1. The molecule has 1 aromatic heterocycles. The van der Waals surface area contributed by atoms with Gasteiger partial charge in [-0.1, -0.05) is 0 Å². The molecule has 0 atom stereocenters. The molecule has 0 spiro atoms. The monoisotopic (exact) mass is 355 g/mol. The van der Waals surface area contributed by atoms with E-state index in [1.54, 1.807) is 0 Å². The highest BCUT2D eigenvalue weighted by Gasteiger charge is 2.31. The van der Waals surface area contributed by atoms with Crippen molar-refractivity contribution in [3.8, 4) is 5.69 Å². The second-order valence-corrected chi connectivity index (χ2v) is 6.82. The van der Waals surface area contributed by atoms with Crippen molar-refractivity contribution in [1.82, 2.24) is 14.7 Å². The van der Waals surface area contributed by atoms with Crippen LogP contribution in [0.4, 0.5) is 0 Å². The summed E-state index contributed by atoms with van der Waals surface area (Å²) in [5.74, 6) is -0.729. The first-order valence-corrected chi connectivity index (χ1v) is 9.10. The largest absolute Gasteiger partial charge is 0.481 e. The molecule has 138 valence electrons. The van der Waals surface area contributed by atoms with Crippen molar-refractivity contribution in [1.29, 1.82) is 0 Å². The first-order chi connectivity index (χ1) is 12.4. The smallest absolute Gasteiger partial charge is 0.303 e. The Morgan fingerprint density at radius 3 is 2.42 bits per heavy atom. The highest BCUT2D eigenvalue weighted by molar-refractivity contribution is 5.94. The predicted molar refractivity (Wildman–Crippen MR) is 98.7 cm³/mol. The lowest BCUT2D eigenvalue weighted by molar-refractivity contribution is -0.136. The molecule has 0 unspecified atom stereocenters. The minimum atomic E-state index is -0.810. The van der Waals surface area contributed by atoms with E-state index in [1.807, 2.05) is 54.6 Å². The molecule has 1 aliphatic rings. The molecule has 26 heavy (non-hydrogen) atoms. The van der Waals surface area contributed by atoms with E-state index in [2.05, 4.69) is 5.10 Å². The average Bonchev–Trinajstić information content (AvgIpc) is 3.40. The fraction of sp³-hybridized carbons (Fsp3) is 0.450. The minimum absolute atomic E-state index is 0.0806. The molecule has 1 aliphatic carbocycles. The summed E-state index contributed by atoms with van der Waals surface area (Å²) in [6.45, 7) is 6.59. The molecule has 1 heterocycles. The van der Waals surface area contributed by atoms with Crippen LogP contribution in [0.25, 0.3) is 5.69 Å². The molecule has 1 N–H and O–H groups in total. The van der Waals surface area contributed by atoms with Gasteiger partial charge in [0.15, 0.2) is 0 Å². The lowest BCUT2D eigenvalue weighted by Gasteiger charge is -2.20. The topological polar surface area (TPSA) is 75.4 Å². The number of carboxylic acids is 1. The summed E-state index contributed by atoms with van der Waals surface area (Å²) < 4.78 is 1.82. The third-order valence-corrected chi connectivity index (χ3v) is 4.98. The lowest BCUT2D eigenvalue weighted by atomic mass is 10.1. The number of amides is 1. The molecule has 0 bridgehead atoms. The molecule has 0 saturated heterocycles. The third-order valence-electron chi connectivity index (χ3n) is 4.98. The number of benzene rings is 1. The van der Waals surface area contributed by atoms with Gasteiger partial charge in [0.25, 0.3) is 5.91 Å². The van der Waals surface area contributed by atoms with Gasteiger partial charge in [-0.15, -0.1) is 0 Å². The van der Waals surface area contributed by atoms with Crippen LogP contribution in [0.3, 0.4) is 0 Å². The van der Waals surface area contributed by atoms with Crippen molar-refractivity contribution in [3.05, 3.63) is 46.8 Å². The van der Waals surface area contributed by atoms with E-state index >= 15 is 0 Å². The van der Waals surface area contributed by atoms with Crippen LogP contribution in [-0.4, -0.2) is 44.3 Å². The number of carbonyl (C=O) groups excluding carboxylic acids is 1. The Morgan fingerprint density at radius 1 is 1.23 bits per heavy atom. The zero-order valence-corrected chi connectivity index (χ0v) is 15.5. The number of aromatic nitrogens is 2. The number of hydrogen-bond donors (Lipinski definition) is 1. The van der Waals surface area contributed by atoms with Crippen LogP contribution in [0.1, 0.15) is 53.5 Å². The Morgan fingerprint density at radius 2 is 1.88 bits per heavy atom. The molecular weight excluding hydrogens is 330 g/mol. The average molecular weight is 355 g/mol. The zero-order valence-electron chi connectivity index (χ0n) is 15.5. The molecule has 6 nitrogen and oxygen atoms in total. The molecule has 1 saturated carbocycles. The van der Waals surface area contributed by atoms with Crippen LogP contribution >= 0.6 is 0 Å². The maximum atomic E-state index is 12.6. The molecule has 1 aromatic carbocycles. The van der Waals surface area contributed by atoms with E-state index in [9.17, 15) is 9.59 Å². The van der Waals surface area contributed by atoms with Gasteiger partial charge in [0, 0.05) is 30.3 Å². The Balaban J connectivity index is 1.81. The van der Waals surface area contributed by atoms with Crippen molar-refractivity contribution < 1.29 is 14.7 Å². The number of nitrogens with zero attached hydrogens (tertiary/aromatic N) is 3. The highest BCUT2D eigenvalue weighted by Crippen LogP contribution is 2.28. The van der Waals surface area contributed by atoms with Gasteiger partial charge in [-0.05, 0) is 69.9 Å². The fourth-order valence-electron chi connectivity index (χ4n) is 3.38. The summed E-state index contributed by atoms with van der Waals surface area (Å²) in [5, 5.41) is 13.5. The van der Waals surface area contributed by atoms with Crippen molar-refractivity contribution in [3.63, 3.8) is 0 Å². The van der Waals surface area contributed by atoms with Crippen LogP contribution in [-0.2, 0) is 11.2 Å². The van der Waals surface area contributed by atoms with Crippen LogP contribution in [0.15, 0.2) is 24.3 Å². The van der Waals surface area contributed by atoms with E-state index in [0.717, 1.165) is 42.0 Å². The maximum absolute atomic E-state index is 12.6. The summed E-state index contributed by atoms with van der Waals surface area (Å²) in [7, 11) is 0. The van der Waals surface area contributed by atoms with Gasteiger partial charge in [-0.2, -0.15) is 5.10 Å². The second kappa shape index (κ2) is 7.32. The second-order valence-electron chi connectivity index (χ2n) is 6.82. The van der Waals surface area contributed by atoms with Gasteiger partial charge in [0.05, 0.1) is 11.4 Å². The molecule has 3 rings (SSSR count). The van der Waals surface area contributed by atoms with Crippen molar-refractivity contribution in [2.24, 2.45) is 0 Å². The lowest BCUT2D eigenvalue weighted by Crippen LogP contribution is -2.32. The van der Waals surface area contributed by atoms with Crippen molar-refractivity contribution in [2.75, 3.05) is 6.54 Å². The van der Waals surface area contributed by atoms with E-state index in [0.29, 0.717) is 18.0 Å². The summed E-state index contributed by atoms with van der Waals surface area (Å²) in [6, 6.07) is 7.88. The molecule has 1 amide bonds. The van der Waals surface area contributed by atoms with E-state index in [4.69, 9.17) is 5.11 Å². The van der Waals surface area contributed by atoms with Crippen LogP contribution in [0, 0.1) is 13.8 Å². The molecule has 1 fully saturated rings. The molecular formula is C20H25N3O3. The van der Waals surface area contributed by atoms with E-state index < -0.39 is 5.97 Å². The van der Waals surface area contributed by atoms with Gasteiger partial charge in [0.2, 0.25) is 0 Å². The number of carboxylic acid groups (broad SMARTS) is 1. The minimum Gasteiger partial charge on any atom is -0.481 e. The maximum Gasteiger partial charge on any atom is 0.303 e. The van der Waals surface area contributed by atoms with Crippen LogP contribution in [0.5, 0.6) is 0 Å². The standard InChI is InChI=1S/C20H25N3O3/c1-4-22(16-9-10-16)20(26)15-5-7-17(8-6-15)23-14(3)18(13(2)21-23)11-12-19(24)25/h5-8,16H,4,9-12H2,1-3H3,(H,24,25). The summed E-state index contributed by atoms with van der Waals surface area (Å²) in [4.78, 5) is 25.4. The zero-order chi connectivity index (χ0) is 18.8. The summed E-state index contributed by atoms with van der Waals surface area (Å²) >= 11 is 0. The van der Waals surface area contributed by atoms with Gasteiger partial charge < -0.3 is 10.0 Å². The summed E-state index contributed by atoms with van der Waals surface area (Å²) in [5.41, 5.74) is 4.32. The Labute approximate surface area is 153 Å². The highest BCUT2D eigenvalue weighted by atomic mass is 16.4. The fourth-order valence-corrected chi connectivity index (χ4v) is 3.38. The van der Waals surface area contributed by atoms with Gasteiger partial charge >= 0.3 is 5.97 Å². The van der Waals surface area contributed by atoms with Gasteiger partial charge in [-0.3, -0.25) is 9.59 Å². The normalized spacial score (nSPS) is 13.7. The SMILES string of the molecule is CCN(C(=O)c1ccc(-n2nc(C)c(CCC(=O)O)c2C)cc1)C1CC1. The Bertz CT molecular complexity index is 820. The summed E-state index contributed by atoms with van der Waals surface area (Å²) in [6.07, 6.45) is 2.76. The Hall–Kier alpha value is -2.63. The number of hydrogen-bond acceptors (Lipinski definition) is 3. The number of aliphatic carboxylic acids is 1. The molecule has 0 aliphatic heterocycles. The van der Waals surface area contributed by atoms with Crippen molar-refractivity contribution >= 4 is 11.9 Å². The first-order valence-electron chi connectivity index (χ1n) is 9.10.